The van der Waals surface area contributed by atoms with E-state index in [-0.39, 0.29) is 5.75 Å². The van der Waals surface area contributed by atoms with Crippen LogP contribution in [0.2, 0.25) is 0 Å². The first-order valence-corrected chi connectivity index (χ1v) is 4.65. The molecule has 0 N–H and O–H groups in total. The van der Waals surface area contributed by atoms with Crippen LogP contribution in [-0.4, -0.2) is 20.0 Å². The van der Waals surface area contributed by atoms with Crippen LogP contribution in [0.15, 0.2) is 12.1 Å². The average molecular weight is 248 g/mol. The molecule has 0 aliphatic rings. The Balaban J connectivity index is 3.58. The number of hydrogen-bond donors (Lipinski definition) is 0. The summed E-state index contributed by atoms with van der Waals surface area (Å²) in [5, 5.41) is 0. The minimum Gasteiger partial charge on any atom is -0.497 e. The lowest BCUT2D eigenvalue weighted by molar-refractivity contribution is -0.139. The molecule has 0 fully saturated rings. The molecule has 0 amide bonds. The highest BCUT2D eigenvalue weighted by Gasteiger charge is 2.38. The van der Waals surface area contributed by atoms with Crippen LogP contribution in [-0.2, 0) is 6.18 Å². The minimum atomic E-state index is -4.65. The van der Waals surface area contributed by atoms with E-state index in [1.807, 2.05) is 0 Å². The molecule has 17 heavy (non-hydrogen) atoms. The summed E-state index contributed by atoms with van der Waals surface area (Å²) in [6, 6.07) is 2.14. The van der Waals surface area contributed by atoms with Crippen molar-refractivity contribution in [3.05, 3.63) is 23.3 Å². The van der Waals surface area contributed by atoms with E-state index < -0.39 is 28.8 Å². The van der Waals surface area contributed by atoms with Gasteiger partial charge in [0, 0.05) is 11.6 Å². The molecular weight excluding hydrogens is 237 g/mol. The molecular formula is C11H11F3O3. The molecule has 1 aromatic carbocycles. The van der Waals surface area contributed by atoms with E-state index in [1.54, 1.807) is 0 Å². The molecule has 0 aliphatic heterocycles. The van der Waals surface area contributed by atoms with Gasteiger partial charge < -0.3 is 9.47 Å². The van der Waals surface area contributed by atoms with Crippen molar-refractivity contribution in [3.63, 3.8) is 0 Å². The first kappa shape index (κ1) is 13.3. The molecule has 3 nitrogen and oxygen atoms in total. The monoisotopic (exact) mass is 248 g/mol. The normalized spacial score (nSPS) is 11.2. The quantitative estimate of drug-likeness (QED) is 0.771. The molecule has 0 aromatic heterocycles. The molecule has 94 valence electrons. The van der Waals surface area contributed by atoms with Gasteiger partial charge in [-0.1, -0.05) is 0 Å². The number of ketones is 1. The van der Waals surface area contributed by atoms with Gasteiger partial charge in [0.25, 0.3) is 0 Å². The van der Waals surface area contributed by atoms with Crippen LogP contribution in [0.3, 0.4) is 0 Å². The number of carbonyl (C=O) groups is 1. The van der Waals surface area contributed by atoms with E-state index >= 15 is 0 Å². The second-order valence-corrected chi connectivity index (χ2v) is 3.31. The van der Waals surface area contributed by atoms with Crippen LogP contribution in [0.5, 0.6) is 11.5 Å². The van der Waals surface area contributed by atoms with E-state index in [0.717, 1.165) is 26.2 Å². The van der Waals surface area contributed by atoms with Gasteiger partial charge in [0.15, 0.2) is 5.78 Å². The summed E-state index contributed by atoms with van der Waals surface area (Å²) in [5.41, 5.74) is -1.54. The van der Waals surface area contributed by atoms with E-state index in [2.05, 4.69) is 4.74 Å². The summed E-state index contributed by atoms with van der Waals surface area (Å²) < 4.78 is 47.9. The smallest absolute Gasteiger partial charge is 0.420 e. The van der Waals surface area contributed by atoms with Gasteiger partial charge in [0.05, 0.1) is 14.2 Å². The second-order valence-electron chi connectivity index (χ2n) is 3.31. The van der Waals surface area contributed by atoms with Crippen molar-refractivity contribution in [1.82, 2.24) is 0 Å². The number of alkyl halides is 3. The lowest BCUT2D eigenvalue weighted by Gasteiger charge is -2.16. The number of ether oxygens (including phenoxy) is 2. The topological polar surface area (TPSA) is 35.5 Å². The fourth-order valence-corrected chi connectivity index (χ4v) is 1.44. The summed E-state index contributed by atoms with van der Waals surface area (Å²) in [6.45, 7) is 1.06. The third kappa shape index (κ3) is 2.69. The standard InChI is InChI=1S/C11H11F3O3/c1-6(15)8-4-7(16-2)5-9(17-3)10(8)11(12,13)14/h4-5H,1-3H3. The van der Waals surface area contributed by atoms with Crippen LogP contribution in [0.1, 0.15) is 22.8 Å². The van der Waals surface area contributed by atoms with Crippen LogP contribution in [0, 0.1) is 0 Å². The number of halogens is 3. The first-order chi connectivity index (χ1) is 7.81. The number of hydrogen-bond acceptors (Lipinski definition) is 3. The molecule has 0 unspecified atom stereocenters. The van der Waals surface area contributed by atoms with Gasteiger partial charge in [-0.15, -0.1) is 0 Å². The highest BCUT2D eigenvalue weighted by atomic mass is 19.4. The molecule has 1 aromatic rings. The number of Topliss-reactive ketones (excluding diaryl/α,β-unsaturated/α-hetero) is 1. The molecule has 6 heteroatoms. The maximum Gasteiger partial charge on any atom is 0.420 e. The largest absolute Gasteiger partial charge is 0.497 e. The molecule has 0 radical (unpaired) electrons. The lowest BCUT2D eigenvalue weighted by atomic mass is 10.0. The van der Waals surface area contributed by atoms with Crippen LogP contribution in [0.4, 0.5) is 13.2 Å². The van der Waals surface area contributed by atoms with E-state index in [0.29, 0.717) is 0 Å². The maximum atomic E-state index is 12.8. The van der Waals surface area contributed by atoms with Crippen molar-refractivity contribution < 1.29 is 27.4 Å². The predicted molar refractivity (Wildman–Crippen MR) is 54.6 cm³/mol. The molecule has 0 saturated carbocycles. The summed E-state index contributed by atoms with van der Waals surface area (Å²) in [5.74, 6) is -0.989. The van der Waals surface area contributed by atoms with Crippen molar-refractivity contribution >= 4 is 5.78 Å². The summed E-state index contributed by atoms with van der Waals surface area (Å²) in [4.78, 5) is 11.2. The second kappa shape index (κ2) is 4.65. The highest BCUT2D eigenvalue weighted by Crippen LogP contribution is 2.41. The number of benzene rings is 1. The number of methoxy groups -OCH3 is 2. The van der Waals surface area contributed by atoms with E-state index in [9.17, 15) is 18.0 Å². The summed E-state index contributed by atoms with van der Waals surface area (Å²) in [6.07, 6.45) is -4.65. The fraction of sp³-hybridized carbons (Fsp3) is 0.364. The zero-order valence-electron chi connectivity index (χ0n) is 9.51. The van der Waals surface area contributed by atoms with Crippen molar-refractivity contribution in [2.24, 2.45) is 0 Å². The van der Waals surface area contributed by atoms with Gasteiger partial charge in [0.2, 0.25) is 0 Å². The number of carbonyl (C=O) groups excluding carboxylic acids is 1. The minimum absolute atomic E-state index is 0.139. The van der Waals surface area contributed by atoms with Gasteiger partial charge in [-0.25, -0.2) is 0 Å². The Morgan fingerprint density at radius 3 is 2.12 bits per heavy atom. The Morgan fingerprint density at radius 2 is 1.76 bits per heavy atom. The molecule has 0 heterocycles. The molecule has 0 atom stereocenters. The Morgan fingerprint density at radius 1 is 1.18 bits per heavy atom. The lowest BCUT2D eigenvalue weighted by Crippen LogP contribution is -2.14. The Labute approximate surface area is 96.1 Å². The van der Waals surface area contributed by atoms with Crippen LogP contribution >= 0.6 is 0 Å². The molecule has 0 bridgehead atoms. The van der Waals surface area contributed by atoms with Crippen LogP contribution < -0.4 is 9.47 Å². The van der Waals surface area contributed by atoms with Gasteiger partial charge >= 0.3 is 6.18 Å². The Hall–Kier alpha value is -1.72. The first-order valence-electron chi connectivity index (χ1n) is 4.65. The SMILES string of the molecule is COc1cc(OC)c(C(F)(F)F)c(C(C)=O)c1. The Kier molecular flexibility index (Phi) is 3.65. The molecule has 0 aliphatic carbocycles. The van der Waals surface area contributed by atoms with Gasteiger partial charge in [-0.05, 0) is 13.0 Å². The molecule has 0 spiro atoms. The van der Waals surface area contributed by atoms with E-state index in [1.165, 1.54) is 7.11 Å². The summed E-state index contributed by atoms with van der Waals surface area (Å²) in [7, 11) is 2.40. The van der Waals surface area contributed by atoms with Gasteiger partial charge in [0.1, 0.15) is 17.1 Å². The Bertz CT molecular complexity index is 438. The average Bonchev–Trinajstić information content (AvgIpc) is 2.25. The summed E-state index contributed by atoms with van der Waals surface area (Å²) >= 11 is 0. The fourth-order valence-electron chi connectivity index (χ4n) is 1.44. The maximum absolute atomic E-state index is 12.8. The van der Waals surface area contributed by atoms with Crippen molar-refractivity contribution in [3.8, 4) is 11.5 Å². The van der Waals surface area contributed by atoms with Crippen molar-refractivity contribution in [2.75, 3.05) is 14.2 Å². The third-order valence-corrected chi connectivity index (χ3v) is 2.19. The van der Waals surface area contributed by atoms with Gasteiger partial charge in [-0.3, -0.25) is 4.79 Å². The zero-order valence-corrected chi connectivity index (χ0v) is 9.51. The van der Waals surface area contributed by atoms with E-state index in [4.69, 9.17) is 4.74 Å². The predicted octanol–water partition coefficient (Wildman–Crippen LogP) is 2.93. The molecule has 0 saturated heterocycles. The highest BCUT2D eigenvalue weighted by molar-refractivity contribution is 5.97. The van der Waals surface area contributed by atoms with Crippen molar-refractivity contribution in [1.29, 1.82) is 0 Å². The number of rotatable bonds is 3. The van der Waals surface area contributed by atoms with Crippen LogP contribution in [0.25, 0.3) is 0 Å². The molecule has 1 rings (SSSR count). The zero-order chi connectivity index (χ0) is 13.2. The van der Waals surface area contributed by atoms with Crippen molar-refractivity contribution in [2.45, 2.75) is 13.1 Å². The third-order valence-electron chi connectivity index (χ3n) is 2.19. The van der Waals surface area contributed by atoms with Gasteiger partial charge in [-0.2, -0.15) is 13.2 Å².